The Morgan fingerprint density at radius 3 is 2.57 bits per heavy atom. The highest BCUT2D eigenvalue weighted by Crippen LogP contribution is 2.23. The Kier molecular flexibility index (Phi) is 8.51. The molecule has 2 N–H and O–H groups in total. The molecule has 2 rings (SSSR count). The highest BCUT2D eigenvalue weighted by Gasteiger charge is 2.23. The fourth-order valence-electron chi connectivity index (χ4n) is 3.43. The van der Waals surface area contributed by atoms with E-state index in [1.165, 1.54) is 22.7 Å². The fourth-order valence-corrected chi connectivity index (χ4v) is 5.14. The van der Waals surface area contributed by atoms with Gasteiger partial charge in [0.2, 0.25) is 15.9 Å². The number of carbonyl (C=O) groups excluding carboxylic acids is 1. The molecular formula is C21H33N3O3S. The van der Waals surface area contributed by atoms with Crippen LogP contribution in [0.5, 0.6) is 0 Å². The Balaban J connectivity index is 1.92. The van der Waals surface area contributed by atoms with Gasteiger partial charge in [0.1, 0.15) is 0 Å². The molecule has 0 atom stereocenters. The van der Waals surface area contributed by atoms with Gasteiger partial charge < -0.3 is 10.6 Å². The molecule has 6 nitrogen and oxygen atoms in total. The van der Waals surface area contributed by atoms with Gasteiger partial charge in [-0.2, -0.15) is 4.31 Å². The molecule has 7 heteroatoms. The van der Waals surface area contributed by atoms with Crippen LogP contribution < -0.4 is 10.6 Å². The average molecular weight is 408 g/mol. The van der Waals surface area contributed by atoms with Crippen LogP contribution >= 0.6 is 0 Å². The molecule has 0 unspecified atom stereocenters. The van der Waals surface area contributed by atoms with Gasteiger partial charge in [-0.1, -0.05) is 31.6 Å². The first-order chi connectivity index (χ1) is 13.4. The van der Waals surface area contributed by atoms with E-state index >= 15 is 0 Å². The van der Waals surface area contributed by atoms with E-state index in [9.17, 15) is 13.2 Å². The van der Waals surface area contributed by atoms with Crippen molar-refractivity contribution in [3.63, 3.8) is 0 Å². The van der Waals surface area contributed by atoms with Gasteiger partial charge in [0.25, 0.3) is 0 Å². The summed E-state index contributed by atoms with van der Waals surface area (Å²) in [7, 11) is -3.53. The Bertz CT molecular complexity index is 799. The molecule has 1 aromatic carbocycles. The number of anilines is 1. The summed E-state index contributed by atoms with van der Waals surface area (Å²) in [5.74, 6) is -0.0925. The first-order valence-corrected chi connectivity index (χ1v) is 11.6. The van der Waals surface area contributed by atoms with Crippen LogP contribution in [0.25, 0.3) is 0 Å². The van der Waals surface area contributed by atoms with Crippen LogP contribution in [-0.2, 0) is 14.8 Å². The van der Waals surface area contributed by atoms with E-state index in [2.05, 4.69) is 16.7 Å². The van der Waals surface area contributed by atoms with E-state index < -0.39 is 10.0 Å². The summed E-state index contributed by atoms with van der Waals surface area (Å²) in [6.07, 6.45) is 7.99. The van der Waals surface area contributed by atoms with Crippen molar-refractivity contribution >= 4 is 21.6 Å². The van der Waals surface area contributed by atoms with E-state index in [-0.39, 0.29) is 17.3 Å². The number of sulfonamides is 1. The number of hydrogen-bond acceptors (Lipinski definition) is 4. The molecule has 0 aliphatic heterocycles. The minimum absolute atomic E-state index is 0.0925. The lowest BCUT2D eigenvalue weighted by atomic mass is 9.97. The molecule has 1 aliphatic carbocycles. The summed E-state index contributed by atoms with van der Waals surface area (Å²) in [5, 5.41) is 5.96. The summed E-state index contributed by atoms with van der Waals surface area (Å²) < 4.78 is 27.1. The van der Waals surface area contributed by atoms with Crippen molar-refractivity contribution in [1.82, 2.24) is 9.62 Å². The van der Waals surface area contributed by atoms with E-state index in [1.54, 1.807) is 25.1 Å². The number of nitrogens with one attached hydrogen (secondary N) is 2. The Morgan fingerprint density at radius 1 is 1.18 bits per heavy atom. The maximum atomic E-state index is 12.8. The number of rotatable bonds is 10. The number of nitrogens with zero attached hydrogens (tertiary/aromatic N) is 1. The number of aryl methyl sites for hydroxylation is 1. The maximum Gasteiger partial charge on any atom is 0.243 e. The molecule has 0 aromatic heterocycles. The number of benzene rings is 1. The fraction of sp³-hybridized carbons (Fsp3) is 0.571. The van der Waals surface area contributed by atoms with E-state index in [0.717, 1.165) is 19.3 Å². The SMILES string of the molecule is CCN(CC)S(=O)(=O)c1cc(NCC(=O)NCCC2=CCCCC2)ccc1C. The van der Waals surface area contributed by atoms with Crippen molar-refractivity contribution in [2.24, 2.45) is 0 Å². The molecule has 156 valence electrons. The predicted molar refractivity (Wildman–Crippen MR) is 114 cm³/mol. The lowest BCUT2D eigenvalue weighted by Crippen LogP contribution is -2.32. The Morgan fingerprint density at radius 2 is 1.93 bits per heavy atom. The zero-order valence-corrected chi connectivity index (χ0v) is 18.1. The minimum atomic E-state index is -3.53. The second kappa shape index (κ2) is 10.6. The van der Waals surface area contributed by atoms with Gasteiger partial charge in [0.05, 0.1) is 11.4 Å². The van der Waals surface area contributed by atoms with E-state index in [0.29, 0.717) is 30.9 Å². The monoisotopic (exact) mass is 407 g/mol. The van der Waals surface area contributed by atoms with Crippen LogP contribution in [0.3, 0.4) is 0 Å². The van der Waals surface area contributed by atoms with Crippen LogP contribution in [0.2, 0.25) is 0 Å². The van der Waals surface area contributed by atoms with Crippen molar-refractivity contribution in [3.8, 4) is 0 Å². The van der Waals surface area contributed by atoms with Crippen LogP contribution in [0, 0.1) is 6.92 Å². The minimum Gasteiger partial charge on any atom is -0.376 e. The van der Waals surface area contributed by atoms with Gasteiger partial charge in [-0.25, -0.2) is 8.42 Å². The molecule has 0 heterocycles. The third kappa shape index (κ3) is 6.07. The number of amides is 1. The van der Waals surface area contributed by atoms with Gasteiger partial charge in [-0.05, 0) is 56.7 Å². The summed E-state index contributed by atoms with van der Waals surface area (Å²) >= 11 is 0. The molecule has 1 aliphatic rings. The molecule has 0 saturated carbocycles. The van der Waals surface area contributed by atoms with Gasteiger partial charge in [-0.15, -0.1) is 0 Å². The molecule has 0 fully saturated rings. The highest BCUT2D eigenvalue weighted by atomic mass is 32.2. The lowest BCUT2D eigenvalue weighted by Gasteiger charge is -2.20. The van der Waals surface area contributed by atoms with Crippen molar-refractivity contribution in [2.45, 2.75) is 57.8 Å². The quantitative estimate of drug-likeness (QED) is 0.582. The van der Waals surface area contributed by atoms with Gasteiger partial charge in [0.15, 0.2) is 0 Å². The van der Waals surface area contributed by atoms with Crippen LogP contribution in [0.15, 0.2) is 34.7 Å². The highest BCUT2D eigenvalue weighted by molar-refractivity contribution is 7.89. The maximum absolute atomic E-state index is 12.8. The zero-order chi connectivity index (χ0) is 20.6. The summed E-state index contributed by atoms with van der Waals surface area (Å²) in [6.45, 7) is 7.05. The van der Waals surface area contributed by atoms with E-state index in [4.69, 9.17) is 0 Å². The molecule has 0 saturated heterocycles. The first kappa shape index (κ1) is 22.4. The smallest absolute Gasteiger partial charge is 0.243 e. The molecule has 28 heavy (non-hydrogen) atoms. The van der Waals surface area contributed by atoms with Gasteiger partial charge in [0, 0.05) is 25.3 Å². The second-order valence-electron chi connectivity index (χ2n) is 7.13. The normalized spacial score (nSPS) is 14.6. The van der Waals surface area contributed by atoms with Crippen molar-refractivity contribution in [1.29, 1.82) is 0 Å². The molecule has 0 bridgehead atoms. The second-order valence-corrected chi connectivity index (χ2v) is 9.04. The Hall–Kier alpha value is -1.86. The Labute approximate surface area is 169 Å². The standard InChI is InChI=1S/C21H33N3O3S/c1-4-24(5-2)28(26,27)20-15-19(12-11-17(20)3)23-16-21(25)22-14-13-18-9-7-6-8-10-18/h9,11-12,15,23H,4-8,10,13-14,16H2,1-3H3,(H,22,25). The molecule has 1 aromatic rings. The third-order valence-corrected chi connectivity index (χ3v) is 7.31. The van der Waals surface area contributed by atoms with Gasteiger partial charge >= 0.3 is 0 Å². The van der Waals surface area contributed by atoms with Crippen LogP contribution in [-0.4, -0.2) is 44.8 Å². The molecule has 0 radical (unpaired) electrons. The number of allylic oxidation sites excluding steroid dienone is 1. The van der Waals surface area contributed by atoms with Crippen LogP contribution in [0.4, 0.5) is 5.69 Å². The van der Waals surface area contributed by atoms with Crippen molar-refractivity contribution in [2.75, 3.05) is 31.5 Å². The molecular weight excluding hydrogens is 374 g/mol. The predicted octanol–water partition coefficient (Wildman–Crippen LogP) is 3.44. The zero-order valence-electron chi connectivity index (χ0n) is 17.3. The number of carbonyl (C=O) groups is 1. The molecule has 0 spiro atoms. The first-order valence-electron chi connectivity index (χ1n) is 10.2. The topological polar surface area (TPSA) is 78.5 Å². The summed E-state index contributed by atoms with van der Waals surface area (Å²) in [6, 6.07) is 5.19. The van der Waals surface area contributed by atoms with E-state index in [1.807, 2.05) is 13.8 Å². The molecule has 1 amide bonds. The lowest BCUT2D eigenvalue weighted by molar-refractivity contribution is -0.119. The van der Waals surface area contributed by atoms with Gasteiger partial charge in [-0.3, -0.25) is 4.79 Å². The summed E-state index contributed by atoms with van der Waals surface area (Å²) in [4.78, 5) is 12.4. The average Bonchev–Trinajstić information content (AvgIpc) is 2.68. The number of hydrogen-bond donors (Lipinski definition) is 2. The van der Waals surface area contributed by atoms with Crippen LogP contribution in [0.1, 0.15) is 51.5 Å². The van der Waals surface area contributed by atoms with Crippen molar-refractivity contribution < 1.29 is 13.2 Å². The van der Waals surface area contributed by atoms with Crippen molar-refractivity contribution in [3.05, 3.63) is 35.4 Å². The summed E-state index contributed by atoms with van der Waals surface area (Å²) in [5.41, 5.74) is 2.76. The third-order valence-electron chi connectivity index (χ3n) is 5.12. The largest absolute Gasteiger partial charge is 0.376 e.